The van der Waals surface area contributed by atoms with Gasteiger partial charge in [0.05, 0.1) is 6.61 Å². The van der Waals surface area contributed by atoms with Crippen molar-refractivity contribution in [1.82, 2.24) is 4.98 Å². The van der Waals surface area contributed by atoms with Crippen LogP contribution < -0.4 is 0 Å². The van der Waals surface area contributed by atoms with Gasteiger partial charge in [0.2, 0.25) is 0 Å². The summed E-state index contributed by atoms with van der Waals surface area (Å²) in [6.45, 7) is 4.69. The molecule has 96 valence electrons. The molecule has 0 bridgehead atoms. The number of thiazole rings is 1. The number of aromatic nitrogens is 1. The fourth-order valence-corrected chi connectivity index (χ4v) is 1.93. The predicted molar refractivity (Wildman–Crippen MR) is 71.6 cm³/mol. The molecule has 1 aromatic heterocycles. The maximum absolute atomic E-state index is 9.18. The largest absolute Gasteiger partial charge is 0.508 e. The van der Waals surface area contributed by atoms with E-state index in [4.69, 9.17) is 5.11 Å². The molecule has 0 aliphatic heterocycles. The number of rotatable bonds is 3. The molecule has 0 radical (unpaired) electrons. The van der Waals surface area contributed by atoms with E-state index in [0.29, 0.717) is 13.1 Å². The van der Waals surface area contributed by atoms with E-state index in [1.54, 1.807) is 30.4 Å². The van der Waals surface area contributed by atoms with Gasteiger partial charge in [-0.05, 0) is 38.1 Å². The molecule has 2 rings (SSSR count). The van der Waals surface area contributed by atoms with Crippen molar-refractivity contribution in [2.45, 2.75) is 13.8 Å². The van der Waals surface area contributed by atoms with Crippen molar-refractivity contribution in [3.63, 3.8) is 0 Å². The molecule has 5 heteroatoms. The number of benzene rings is 1. The van der Waals surface area contributed by atoms with Crippen molar-refractivity contribution in [3.8, 4) is 16.3 Å². The smallest absolute Gasteiger partial charge is 0.293 e. The Balaban J connectivity index is 0.000000280. The zero-order chi connectivity index (χ0) is 13.4. The molecule has 0 saturated carbocycles. The summed E-state index contributed by atoms with van der Waals surface area (Å²) in [5.74, 6) is 0.289. The number of phenolic OH excluding ortho intramolecular Hbond substituents is 1. The van der Waals surface area contributed by atoms with Gasteiger partial charge < -0.3 is 9.84 Å². The number of carbonyl (C=O) groups excluding carboxylic acids is 1. The summed E-state index contributed by atoms with van der Waals surface area (Å²) in [6.07, 6.45) is 1.85. The zero-order valence-electron chi connectivity index (χ0n) is 10.3. The number of phenols is 1. The summed E-state index contributed by atoms with van der Waals surface area (Å²) in [5.41, 5.74) is 1.05. The predicted octanol–water partition coefficient (Wildman–Crippen LogP) is 3.00. The maximum atomic E-state index is 9.18. The highest BCUT2D eigenvalue weighted by Crippen LogP contribution is 2.25. The van der Waals surface area contributed by atoms with Crippen LogP contribution in [0.3, 0.4) is 0 Å². The van der Waals surface area contributed by atoms with Crippen molar-refractivity contribution in [2.75, 3.05) is 6.61 Å². The first-order valence-corrected chi connectivity index (χ1v) is 6.26. The molecular formula is C13H15NO3S. The molecule has 1 N–H and O–H groups in total. The quantitative estimate of drug-likeness (QED) is 0.867. The van der Waals surface area contributed by atoms with Gasteiger partial charge in [-0.3, -0.25) is 4.79 Å². The fraction of sp³-hybridized carbons (Fsp3) is 0.231. The monoisotopic (exact) mass is 265 g/mol. The topological polar surface area (TPSA) is 59.4 Å². The molecule has 4 nitrogen and oxygen atoms in total. The molecule has 0 amide bonds. The first kappa shape index (κ1) is 14.2. The lowest BCUT2D eigenvalue weighted by molar-refractivity contribution is -0.128. The second-order valence-corrected chi connectivity index (χ2v) is 4.61. The van der Waals surface area contributed by atoms with Crippen LogP contribution in [0.4, 0.5) is 0 Å². The fourth-order valence-electron chi connectivity index (χ4n) is 1.16. The molecule has 0 atom stereocenters. The molecule has 0 aliphatic carbocycles. The van der Waals surface area contributed by atoms with Crippen molar-refractivity contribution in [1.29, 1.82) is 0 Å². The minimum absolute atomic E-state index is 0.289. The molecule has 1 aromatic carbocycles. The van der Waals surface area contributed by atoms with Crippen LogP contribution in [0.2, 0.25) is 0 Å². The third-order valence-corrected chi connectivity index (χ3v) is 2.93. The Morgan fingerprint density at radius 1 is 1.39 bits per heavy atom. The van der Waals surface area contributed by atoms with E-state index in [0.717, 1.165) is 10.6 Å². The van der Waals surface area contributed by atoms with E-state index in [2.05, 4.69) is 9.72 Å². The summed E-state index contributed by atoms with van der Waals surface area (Å²) in [6, 6.07) is 7.08. The Morgan fingerprint density at radius 3 is 2.44 bits per heavy atom. The van der Waals surface area contributed by atoms with E-state index in [-0.39, 0.29) is 5.75 Å². The summed E-state index contributed by atoms with van der Waals surface area (Å²) >= 11 is 1.65. The van der Waals surface area contributed by atoms with Crippen molar-refractivity contribution < 1.29 is 14.6 Å². The molecule has 18 heavy (non-hydrogen) atoms. The number of hydrogen-bond donors (Lipinski definition) is 1. The van der Waals surface area contributed by atoms with Crippen LogP contribution in [-0.4, -0.2) is 23.2 Å². The van der Waals surface area contributed by atoms with Gasteiger partial charge in [-0.2, -0.15) is 0 Å². The van der Waals surface area contributed by atoms with Crippen LogP contribution in [0.25, 0.3) is 10.6 Å². The minimum Gasteiger partial charge on any atom is -0.508 e. The van der Waals surface area contributed by atoms with Gasteiger partial charge in [-0.25, -0.2) is 4.98 Å². The number of hydrogen-bond acceptors (Lipinski definition) is 5. The van der Waals surface area contributed by atoms with Gasteiger partial charge in [-0.15, -0.1) is 11.3 Å². The Labute approximate surface area is 110 Å². The maximum Gasteiger partial charge on any atom is 0.293 e. The van der Waals surface area contributed by atoms with Crippen molar-refractivity contribution in [2.24, 2.45) is 0 Å². The Bertz CT molecular complexity index is 479. The van der Waals surface area contributed by atoms with Gasteiger partial charge in [0.1, 0.15) is 10.8 Å². The van der Waals surface area contributed by atoms with Crippen LogP contribution in [0.1, 0.15) is 11.8 Å². The highest BCUT2D eigenvalue weighted by Gasteiger charge is 2.01. The van der Waals surface area contributed by atoms with Crippen LogP contribution >= 0.6 is 11.3 Å². The lowest BCUT2D eigenvalue weighted by Gasteiger charge is -1.95. The molecule has 0 fully saturated rings. The SMILES string of the molecule is CCOC=O.Cc1cnc(-c2ccc(O)cc2)s1. The van der Waals surface area contributed by atoms with Gasteiger partial charge in [0.25, 0.3) is 6.47 Å². The summed E-state index contributed by atoms with van der Waals surface area (Å²) in [5, 5.41) is 10.1. The third kappa shape index (κ3) is 4.55. The van der Waals surface area contributed by atoms with Crippen LogP contribution in [0, 0.1) is 6.92 Å². The van der Waals surface area contributed by atoms with E-state index in [1.165, 1.54) is 4.88 Å². The molecular weight excluding hydrogens is 250 g/mol. The van der Waals surface area contributed by atoms with Crippen LogP contribution in [0.15, 0.2) is 30.5 Å². The number of carbonyl (C=O) groups is 1. The summed E-state index contributed by atoms with van der Waals surface area (Å²) in [4.78, 5) is 14.6. The van der Waals surface area contributed by atoms with Gasteiger partial charge in [0, 0.05) is 16.6 Å². The molecule has 0 saturated heterocycles. The minimum atomic E-state index is 0.289. The van der Waals surface area contributed by atoms with E-state index < -0.39 is 0 Å². The molecule has 0 aliphatic rings. The van der Waals surface area contributed by atoms with E-state index >= 15 is 0 Å². The average Bonchev–Trinajstić information content (AvgIpc) is 2.79. The Morgan fingerprint density at radius 2 is 2.06 bits per heavy atom. The summed E-state index contributed by atoms with van der Waals surface area (Å²) in [7, 11) is 0. The first-order valence-electron chi connectivity index (χ1n) is 5.44. The number of nitrogens with zero attached hydrogens (tertiary/aromatic N) is 1. The molecule has 1 heterocycles. The second-order valence-electron chi connectivity index (χ2n) is 3.37. The third-order valence-electron chi connectivity index (χ3n) is 1.97. The van der Waals surface area contributed by atoms with Crippen molar-refractivity contribution >= 4 is 17.8 Å². The highest BCUT2D eigenvalue weighted by atomic mass is 32.1. The molecule has 2 aromatic rings. The highest BCUT2D eigenvalue weighted by molar-refractivity contribution is 7.14. The second kappa shape index (κ2) is 7.45. The molecule has 0 spiro atoms. The van der Waals surface area contributed by atoms with Gasteiger partial charge in [0.15, 0.2) is 0 Å². The normalized spacial score (nSPS) is 9.22. The van der Waals surface area contributed by atoms with E-state index in [9.17, 15) is 4.79 Å². The average molecular weight is 265 g/mol. The van der Waals surface area contributed by atoms with Crippen molar-refractivity contribution in [3.05, 3.63) is 35.3 Å². The van der Waals surface area contributed by atoms with Crippen LogP contribution in [0.5, 0.6) is 5.75 Å². The summed E-state index contributed by atoms with van der Waals surface area (Å²) < 4.78 is 4.15. The van der Waals surface area contributed by atoms with E-state index in [1.807, 2.05) is 25.3 Å². The lowest BCUT2D eigenvalue weighted by Crippen LogP contribution is -1.80. The number of ether oxygens (including phenoxy) is 1. The van der Waals surface area contributed by atoms with Gasteiger partial charge >= 0.3 is 0 Å². The lowest BCUT2D eigenvalue weighted by atomic mass is 10.2. The van der Waals surface area contributed by atoms with Gasteiger partial charge in [-0.1, -0.05) is 0 Å². The Kier molecular flexibility index (Phi) is 5.87. The van der Waals surface area contributed by atoms with Crippen LogP contribution in [-0.2, 0) is 9.53 Å². The zero-order valence-corrected chi connectivity index (χ0v) is 11.1. The standard InChI is InChI=1S/C10H9NOS.C3H6O2/c1-7-6-11-10(13-7)8-2-4-9(12)5-3-8;1-2-5-3-4/h2-6,12H,1H3;3H,2H2,1H3. The molecule has 0 unspecified atom stereocenters. The number of aromatic hydroxyl groups is 1. The number of aryl methyl sites for hydroxylation is 1. The first-order chi connectivity index (χ1) is 8.67. The Hall–Kier alpha value is -1.88.